The molecule has 31 heavy (non-hydrogen) atoms. The highest BCUT2D eigenvalue weighted by Gasteiger charge is 2.22. The number of rotatable bonds is 9. The first-order chi connectivity index (χ1) is 14.9. The highest BCUT2D eigenvalue weighted by molar-refractivity contribution is 7.99. The smallest absolute Gasteiger partial charge is 0.231 e. The van der Waals surface area contributed by atoms with Gasteiger partial charge in [0, 0.05) is 0 Å². The van der Waals surface area contributed by atoms with Crippen LogP contribution in [0.25, 0.3) is 11.4 Å². The largest absolute Gasteiger partial charge is 0.345 e. The van der Waals surface area contributed by atoms with Gasteiger partial charge < -0.3 is 5.32 Å². The van der Waals surface area contributed by atoms with Crippen molar-refractivity contribution in [2.75, 3.05) is 5.75 Å². The molecule has 162 valence electrons. The van der Waals surface area contributed by atoms with E-state index in [0.29, 0.717) is 23.1 Å². The lowest BCUT2D eigenvalue weighted by Crippen LogP contribution is -2.44. The third kappa shape index (κ3) is 5.79. The van der Waals surface area contributed by atoms with Crippen molar-refractivity contribution in [3.05, 3.63) is 66.0 Å². The molecular weight excluding hydrogens is 415 g/mol. The topological polar surface area (TPSA) is 76.9 Å². The van der Waals surface area contributed by atoms with E-state index in [1.165, 1.54) is 24.8 Å². The van der Waals surface area contributed by atoms with Gasteiger partial charge in [-0.1, -0.05) is 68.1 Å². The fraction of sp³-hybridized carbons (Fsp3) is 0.304. The monoisotopic (exact) mass is 440 g/mol. The Morgan fingerprint density at radius 3 is 2.39 bits per heavy atom. The summed E-state index contributed by atoms with van der Waals surface area (Å²) in [7, 11) is 0. The van der Waals surface area contributed by atoms with Gasteiger partial charge in [-0.3, -0.25) is 14.2 Å². The Kier molecular flexibility index (Phi) is 7.57. The quantitative estimate of drug-likeness (QED) is 0.510. The minimum absolute atomic E-state index is 0.000780. The molecule has 1 amide bonds. The number of nitrogens with one attached hydrogen (secondary N) is 1. The number of aromatic nitrogens is 3. The molecule has 1 heterocycles. The van der Waals surface area contributed by atoms with Crippen LogP contribution < -0.4 is 5.32 Å². The molecule has 0 saturated carbocycles. The maximum absolute atomic E-state index is 14.4. The Morgan fingerprint density at radius 2 is 1.74 bits per heavy atom. The highest BCUT2D eigenvalue weighted by atomic mass is 32.2. The van der Waals surface area contributed by atoms with E-state index >= 15 is 0 Å². The van der Waals surface area contributed by atoms with Gasteiger partial charge >= 0.3 is 0 Å². The molecule has 0 spiro atoms. The average molecular weight is 441 g/mol. The third-order valence-corrected chi connectivity index (χ3v) is 5.74. The number of amides is 1. The molecule has 0 aliphatic carbocycles. The number of carbonyl (C=O) groups is 2. The van der Waals surface area contributed by atoms with Crippen LogP contribution in [0.4, 0.5) is 4.39 Å². The van der Waals surface area contributed by atoms with Crippen LogP contribution in [0.3, 0.4) is 0 Å². The number of hydrogen-bond donors (Lipinski definition) is 1. The van der Waals surface area contributed by atoms with Gasteiger partial charge in [0.25, 0.3) is 0 Å². The maximum Gasteiger partial charge on any atom is 0.231 e. The van der Waals surface area contributed by atoms with Crippen LogP contribution in [0.5, 0.6) is 0 Å². The van der Waals surface area contributed by atoms with Gasteiger partial charge in [0.05, 0.1) is 23.9 Å². The molecule has 2 aromatic carbocycles. The predicted molar refractivity (Wildman–Crippen MR) is 119 cm³/mol. The Hall–Kier alpha value is -3.00. The van der Waals surface area contributed by atoms with Gasteiger partial charge in [0.15, 0.2) is 16.8 Å². The molecule has 1 unspecified atom stereocenters. The Balaban J connectivity index is 1.84. The first kappa shape index (κ1) is 22.7. The van der Waals surface area contributed by atoms with Crippen LogP contribution in [0, 0.1) is 11.7 Å². The number of ketones is 1. The molecule has 0 aliphatic heterocycles. The molecule has 0 aliphatic rings. The minimum atomic E-state index is -0.524. The summed E-state index contributed by atoms with van der Waals surface area (Å²) in [5.74, 6) is -0.266. The van der Waals surface area contributed by atoms with Gasteiger partial charge in [-0.05, 0) is 30.5 Å². The van der Waals surface area contributed by atoms with Crippen LogP contribution in [0.2, 0.25) is 0 Å². The van der Waals surface area contributed by atoms with E-state index in [1.54, 1.807) is 22.8 Å². The second-order valence-corrected chi connectivity index (χ2v) is 8.49. The standard InChI is InChI=1S/C23H25FN4O2S/c1-15(2)21(16(3)29)25-20(30)14-31-23-27-26-22(18-11-7-8-12-19(18)24)28(23)13-17-9-5-4-6-10-17/h4-12,15,21H,13-14H2,1-3H3,(H,25,30). The van der Waals surface area contributed by atoms with E-state index in [-0.39, 0.29) is 29.2 Å². The van der Waals surface area contributed by atoms with Gasteiger partial charge in [0.2, 0.25) is 5.91 Å². The van der Waals surface area contributed by atoms with Crippen molar-refractivity contribution in [3.63, 3.8) is 0 Å². The fourth-order valence-electron chi connectivity index (χ4n) is 3.23. The summed E-state index contributed by atoms with van der Waals surface area (Å²) in [5, 5.41) is 11.7. The van der Waals surface area contributed by atoms with Crippen molar-refractivity contribution < 1.29 is 14.0 Å². The number of carbonyl (C=O) groups excluding carboxylic acids is 2. The number of hydrogen-bond acceptors (Lipinski definition) is 5. The highest BCUT2D eigenvalue weighted by Crippen LogP contribution is 2.27. The molecule has 6 nitrogen and oxygen atoms in total. The summed E-state index contributed by atoms with van der Waals surface area (Å²) in [4.78, 5) is 24.2. The van der Waals surface area contributed by atoms with E-state index in [4.69, 9.17) is 0 Å². The second kappa shape index (κ2) is 10.3. The molecule has 8 heteroatoms. The summed E-state index contributed by atoms with van der Waals surface area (Å²) in [5.41, 5.74) is 1.35. The Labute approximate surface area is 185 Å². The van der Waals surface area contributed by atoms with Crippen LogP contribution in [-0.4, -0.2) is 38.2 Å². The zero-order valence-corrected chi connectivity index (χ0v) is 18.5. The SMILES string of the molecule is CC(=O)C(NC(=O)CSc1nnc(-c2ccccc2F)n1Cc1ccccc1)C(C)C. The van der Waals surface area contributed by atoms with Crippen LogP contribution in [0.15, 0.2) is 59.8 Å². The van der Waals surface area contributed by atoms with E-state index < -0.39 is 6.04 Å². The van der Waals surface area contributed by atoms with E-state index in [1.807, 2.05) is 44.2 Å². The van der Waals surface area contributed by atoms with Crippen molar-refractivity contribution in [1.29, 1.82) is 0 Å². The van der Waals surface area contributed by atoms with Gasteiger partial charge in [0.1, 0.15) is 5.82 Å². The summed E-state index contributed by atoms with van der Waals surface area (Å²) in [6, 6.07) is 15.6. The molecule has 0 saturated heterocycles. The molecule has 0 radical (unpaired) electrons. The lowest BCUT2D eigenvalue weighted by molar-refractivity contribution is -0.126. The van der Waals surface area contributed by atoms with Crippen molar-refractivity contribution in [1.82, 2.24) is 20.1 Å². The summed E-state index contributed by atoms with van der Waals surface area (Å²) >= 11 is 1.20. The normalized spacial score (nSPS) is 12.0. The predicted octanol–water partition coefficient (Wildman–Crippen LogP) is 3.95. The number of Topliss-reactive ketones (excluding diaryl/α,β-unsaturated/α-hetero) is 1. The zero-order chi connectivity index (χ0) is 22.4. The van der Waals surface area contributed by atoms with E-state index in [9.17, 15) is 14.0 Å². The number of nitrogens with zero attached hydrogens (tertiary/aromatic N) is 3. The van der Waals surface area contributed by atoms with Gasteiger partial charge in [-0.25, -0.2) is 4.39 Å². The third-order valence-electron chi connectivity index (χ3n) is 4.77. The minimum Gasteiger partial charge on any atom is -0.345 e. The molecule has 3 rings (SSSR count). The lowest BCUT2D eigenvalue weighted by atomic mass is 10.0. The summed E-state index contributed by atoms with van der Waals surface area (Å²) < 4.78 is 16.2. The second-order valence-electron chi connectivity index (χ2n) is 7.55. The van der Waals surface area contributed by atoms with Crippen LogP contribution >= 0.6 is 11.8 Å². The van der Waals surface area contributed by atoms with Gasteiger partial charge in [-0.15, -0.1) is 10.2 Å². The van der Waals surface area contributed by atoms with Crippen LogP contribution in [0.1, 0.15) is 26.3 Å². The molecule has 0 bridgehead atoms. The first-order valence-corrected chi connectivity index (χ1v) is 11.0. The Bertz CT molecular complexity index is 1050. The maximum atomic E-state index is 14.4. The molecule has 1 atom stereocenters. The Morgan fingerprint density at radius 1 is 1.06 bits per heavy atom. The zero-order valence-electron chi connectivity index (χ0n) is 17.7. The van der Waals surface area contributed by atoms with Crippen molar-refractivity contribution in [2.24, 2.45) is 5.92 Å². The molecule has 1 aromatic heterocycles. The molecule has 3 aromatic rings. The summed E-state index contributed by atoms with van der Waals surface area (Å²) in [6.07, 6.45) is 0. The van der Waals surface area contributed by atoms with E-state index in [2.05, 4.69) is 15.5 Å². The lowest BCUT2D eigenvalue weighted by Gasteiger charge is -2.19. The molecule has 0 fully saturated rings. The number of benzene rings is 2. The number of thioether (sulfide) groups is 1. The van der Waals surface area contributed by atoms with Crippen LogP contribution in [-0.2, 0) is 16.1 Å². The first-order valence-electron chi connectivity index (χ1n) is 10.0. The fourth-order valence-corrected chi connectivity index (χ4v) is 3.98. The van der Waals surface area contributed by atoms with Crippen molar-refractivity contribution in [2.45, 2.75) is 38.5 Å². The van der Waals surface area contributed by atoms with Crippen molar-refractivity contribution in [3.8, 4) is 11.4 Å². The van der Waals surface area contributed by atoms with Gasteiger partial charge in [-0.2, -0.15) is 0 Å². The molecular formula is C23H25FN4O2S. The summed E-state index contributed by atoms with van der Waals surface area (Å²) in [6.45, 7) is 5.67. The van der Waals surface area contributed by atoms with Crippen molar-refractivity contribution >= 4 is 23.5 Å². The molecule has 1 N–H and O–H groups in total. The van der Waals surface area contributed by atoms with E-state index in [0.717, 1.165) is 5.56 Å². The average Bonchev–Trinajstić information content (AvgIpc) is 3.13. The number of halogens is 1.